The molecule has 0 bridgehead atoms. The number of rotatable bonds is 3. The number of hydrogen-bond acceptors (Lipinski definition) is 3. The van der Waals surface area contributed by atoms with E-state index in [0.29, 0.717) is 5.92 Å². The molecule has 1 fully saturated rings. The minimum Gasteiger partial charge on any atom is -0.546 e. The van der Waals surface area contributed by atoms with Crippen LogP contribution in [0.2, 0.25) is 18.1 Å². The van der Waals surface area contributed by atoms with Crippen LogP contribution in [0.4, 0.5) is 0 Å². The van der Waals surface area contributed by atoms with Gasteiger partial charge in [0, 0.05) is 12.3 Å². The summed E-state index contributed by atoms with van der Waals surface area (Å²) in [6, 6.07) is 0. The molecule has 1 saturated heterocycles. The van der Waals surface area contributed by atoms with E-state index in [2.05, 4.69) is 46.9 Å². The van der Waals surface area contributed by atoms with E-state index in [1.54, 1.807) is 0 Å². The van der Waals surface area contributed by atoms with Crippen LogP contribution in [0.5, 0.6) is 0 Å². The lowest BCUT2D eigenvalue weighted by atomic mass is 9.89. The molecule has 0 aromatic heterocycles. The molecule has 0 amide bonds. The van der Waals surface area contributed by atoms with Crippen LogP contribution in [0, 0.1) is 5.92 Å². The van der Waals surface area contributed by atoms with Gasteiger partial charge in [0.2, 0.25) is 8.32 Å². The Labute approximate surface area is 143 Å². The molecule has 0 N–H and O–H groups in total. The summed E-state index contributed by atoms with van der Waals surface area (Å²) >= 11 is 0. The SMILES string of the molecule is CC1=CCC(C2COC(C)(C)OC2)=C(O[Si](C)(C)C(C)(C)C)C1. The first kappa shape index (κ1) is 18.8. The van der Waals surface area contributed by atoms with Crippen LogP contribution in [0.25, 0.3) is 0 Å². The molecule has 3 nitrogen and oxygen atoms in total. The van der Waals surface area contributed by atoms with Gasteiger partial charge in [-0.1, -0.05) is 32.4 Å². The third-order valence-electron chi connectivity index (χ3n) is 5.41. The average molecular weight is 339 g/mol. The highest BCUT2D eigenvalue weighted by Crippen LogP contribution is 2.42. The van der Waals surface area contributed by atoms with Gasteiger partial charge in [0.15, 0.2) is 5.79 Å². The van der Waals surface area contributed by atoms with Crippen molar-refractivity contribution in [1.29, 1.82) is 0 Å². The summed E-state index contributed by atoms with van der Waals surface area (Å²) in [4.78, 5) is 0. The largest absolute Gasteiger partial charge is 0.546 e. The van der Waals surface area contributed by atoms with Gasteiger partial charge in [-0.3, -0.25) is 0 Å². The Morgan fingerprint density at radius 2 is 1.74 bits per heavy atom. The minimum absolute atomic E-state index is 0.210. The quantitative estimate of drug-likeness (QED) is 0.509. The van der Waals surface area contributed by atoms with E-state index in [0.717, 1.165) is 26.1 Å². The Balaban J connectivity index is 2.22. The molecular weight excluding hydrogens is 304 g/mol. The van der Waals surface area contributed by atoms with Crippen LogP contribution >= 0.6 is 0 Å². The smallest absolute Gasteiger partial charge is 0.250 e. The molecule has 0 spiro atoms. The van der Waals surface area contributed by atoms with E-state index in [4.69, 9.17) is 13.9 Å². The van der Waals surface area contributed by atoms with Gasteiger partial charge in [0.05, 0.1) is 19.0 Å². The zero-order valence-corrected chi connectivity index (χ0v) is 17.2. The van der Waals surface area contributed by atoms with Crippen LogP contribution in [0.15, 0.2) is 23.0 Å². The molecule has 0 unspecified atom stereocenters. The maximum atomic E-state index is 6.70. The van der Waals surface area contributed by atoms with E-state index in [1.165, 1.54) is 16.9 Å². The first-order valence-corrected chi connectivity index (χ1v) is 11.7. The third-order valence-corrected chi connectivity index (χ3v) is 9.78. The van der Waals surface area contributed by atoms with E-state index in [9.17, 15) is 0 Å². The standard InChI is InChI=1S/C19H34O3Si/c1-14-9-10-16(15-12-20-19(5,6)21-13-15)17(11-14)22-23(7,8)18(2,3)4/h9,15H,10-13H2,1-8H3. The molecule has 0 radical (unpaired) electrons. The van der Waals surface area contributed by atoms with Gasteiger partial charge < -0.3 is 13.9 Å². The van der Waals surface area contributed by atoms with Gasteiger partial charge in [0.25, 0.3) is 0 Å². The van der Waals surface area contributed by atoms with Crippen LogP contribution < -0.4 is 0 Å². The molecule has 0 atom stereocenters. The van der Waals surface area contributed by atoms with Crippen molar-refractivity contribution in [2.24, 2.45) is 5.92 Å². The first-order valence-electron chi connectivity index (χ1n) is 8.76. The molecule has 4 heteroatoms. The monoisotopic (exact) mass is 338 g/mol. The highest BCUT2D eigenvalue weighted by atomic mass is 28.4. The molecule has 132 valence electrons. The molecule has 2 aliphatic rings. The summed E-state index contributed by atoms with van der Waals surface area (Å²) in [5, 5.41) is 0.210. The summed E-state index contributed by atoms with van der Waals surface area (Å²) in [6.07, 6.45) is 4.23. The van der Waals surface area contributed by atoms with Crippen molar-refractivity contribution in [3.63, 3.8) is 0 Å². The van der Waals surface area contributed by atoms with Gasteiger partial charge in [-0.2, -0.15) is 0 Å². The summed E-state index contributed by atoms with van der Waals surface area (Å²) in [5.41, 5.74) is 2.79. The Morgan fingerprint density at radius 1 is 1.17 bits per heavy atom. The van der Waals surface area contributed by atoms with Crippen LogP contribution in [0.1, 0.15) is 54.4 Å². The predicted molar refractivity (Wildman–Crippen MR) is 97.8 cm³/mol. The Kier molecular flexibility index (Phi) is 5.20. The van der Waals surface area contributed by atoms with E-state index < -0.39 is 14.1 Å². The van der Waals surface area contributed by atoms with Gasteiger partial charge >= 0.3 is 0 Å². The van der Waals surface area contributed by atoms with Gasteiger partial charge in [0.1, 0.15) is 0 Å². The molecule has 0 saturated carbocycles. The Bertz CT molecular complexity index is 499. The highest BCUT2D eigenvalue weighted by Gasteiger charge is 2.41. The Hall–Kier alpha value is -0.583. The maximum absolute atomic E-state index is 6.70. The number of ether oxygens (including phenoxy) is 2. The zero-order chi connectivity index (χ0) is 17.5. The fourth-order valence-electron chi connectivity index (χ4n) is 2.69. The minimum atomic E-state index is -1.82. The average Bonchev–Trinajstić information content (AvgIpc) is 2.38. The fraction of sp³-hybridized carbons (Fsp3) is 0.789. The second-order valence-electron chi connectivity index (χ2n) is 8.96. The van der Waals surface area contributed by atoms with Gasteiger partial charge in [-0.15, -0.1) is 0 Å². The number of allylic oxidation sites excluding steroid dienone is 2. The normalized spacial score (nSPS) is 23.7. The van der Waals surface area contributed by atoms with Crippen LogP contribution in [0.3, 0.4) is 0 Å². The number of hydrogen-bond donors (Lipinski definition) is 0. The van der Waals surface area contributed by atoms with Gasteiger partial charge in [-0.05, 0) is 50.9 Å². The van der Waals surface area contributed by atoms with Crippen molar-refractivity contribution in [1.82, 2.24) is 0 Å². The Morgan fingerprint density at radius 3 is 2.26 bits per heavy atom. The summed E-state index contributed by atoms with van der Waals surface area (Å²) in [7, 11) is -1.82. The predicted octanol–water partition coefficient (Wildman–Crippen LogP) is 5.40. The summed E-state index contributed by atoms with van der Waals surface area (Å²) in [6.45, 7) is 19.1. The molecule has 2 rings (SSSR count). The fourth-order valence-corrected chi connectivity index (χ4v) is 3.81. The molecule has 0 aromatic carbocycles. The summed E-state index contributed by atoms with van der Waals surface area (Å²) in [5.74, 6) is 1.04. The molecule has 1 aliphatic heterocycles. The molecular formula is C19H34O3Si. The molecule has 1 aliphatic carbocycles. The van der Waals surface area contributed by atoms with Gasteiger partial charge in [-0.25, -0.2) is 0 Å². The van der Waals surface area contributed by atoms with E-state index >= 15 is 0 Å². The molecule has 0 aromatic rings. The molecule has 23 heavy (non-hydrogen) atoms. The van der Waals surface area contributed by atoms with Crippen molar-refractivity contribution in [2.45, 2.75) is 78.3 Å². The van der Waals surface area contributed by atoms with Crippen molar-refractivity contribution >= 4 is 8.32 Å². The maximum Gasteiger partial charge on any atom is 0.250 e. The first-order chi connectivity index (χ1) is 10.4. The topological polar surface area (TPSA) is 27.7 Å². The second kappa shape index (κ2) is 6.38. The van der Waals surface area contributed by atoms with Crippen LogP contribution in [-0.4, -0.2) is 27.3 Å². The summed E-state index contributed by atoms with van der Waals surface area (Å²) < 4.78 is 18.5. The lowest BCUT2D eigenvalue weighted by Gasteiger charge is -2.41. The zero-order valence-electron chi connectivity index (χ0n) is 16.2. The van der Waals surface area contributed by atoms with Crippen molar-refractivity contribution in [3.05, 3.63) is 23.0 Å². The van der Waals surface area contributed by atoms with E-state index in [-0.39, 0.29) is 5.04 Å². The molecule has 1 heterocycles. The van der Waals surface area contributed by atoms with E-state index in [1.807, 2.05) is 13.8 Å². The van der Waals surface area contributed by atoms with Crippen LogP contribution in [-0.2, 0) is 13.9 Å². The lowest BCUT2D eigenvalue weighted by molar-refractivity contribution is -0.257. The second-order valence-corrected chi connectivity index (χ2v) is 13.7. The highest BCUT2D eigenvalue weighted by molar-refractivity contribution is 6.74. The van der Waals surface area contributed by atoms with Crippen molar-refractivity contribution < 1.29 is 13.9 Å². The third kappa shape index (κ3) is 4.49. The van der Waals surface area contributed by atoms with Crippen molar-refractivity contribution in [2.75, 3.05) is 13.2 Å². The van der Waals surface area contributed by atoms with Crippen molar-refractivity contribution in [3.8, 4) is 0 Å². The lowest BCUT2D eigenvalue weighted by Crippen LogP contribution is -2.42.